The zero-order valence-corrected chi connectivity index (χ0v) is 28.3. The van der Waals surface area contributed by atoms with Crippen LogP contribution in [-0.4, -0.2) is 29.9 Å². The Labute approximate surface area is 276 Å². The van der Waals surface area contributed by atoms with Gasteiger partial charge in [0.25, 0.3) is 0 Å². The van der Waals surface area contributed by atoms with Gasteiger partial charge in [-0.05, 0) is 0 Å². The number of rotatable bonds is 0. The molecule has 0 saturated carbocycles. The molecule has 0 fully saturated rings. The normalized spacial score (nSPS) is 15.3. The van der Waals surface area contributed by atoms with Gasteiger partial charge in [-0.15, -0.1) is 0 Å². The van der Waals surface area contributed by atoms with Crippen molar-refractivity contribution in [1.82, 2.24) is 0 Å². The second-order valence-electron chi connectivity index (χ2n) is 13.8. The molecular formula is C44H24Se2. The van der Waals surface area contributed by atoms with Crippen LogP contribution in [0.5, 0.6) is 0 Å². The van der Waals surface area contributed by atoms with Crippen LogP contribution in [0.3, 0.4) is 0 Å². The molecule has 1 aliphatic heterocycles. The molecule has 0 amide bonds. The third-order valence-corrected chi connectivity index (χ3v) is 16.0. The zero-order valence-electron chi connectivity index (χ0n) is 24.9. The molecule has 212 valence electrons. The molecule has 0 aliphatic carbocycles. The van der Waals surface area contributed by atoms with Crippen LogP contribution in [0.2, 0.25) is 0 Å². The standard InChI is InChI=1S/C44H24Se2/c1-2-24-14-28-18-46-20-30-16-26-4-3-25-15-29(33-11-7-22-8-12-34(30)44-36(22)43(33)39(25)40(26)44)19-45-17-27-13-23(1)37-38(24)42-32(28)10-6-21-5-9-31(27)41(37)35(21)42/h1-16H,17-20H2. The van der Waals surface area contributed by atoms with E-state index in [-0.39, 0.29) is 0 Å². The van der Waals surface area contributed by atoms with Crippen molar-refractivity contribution in [3.05, 3.63) is 119 Å². The molecule has 14 bridgehead atoms. The fourth-order valence-electron chi connectivity index (χ4n) is 9.85. The first kappa shape index (κ1) is 24.1. The summed E-state index contributed by atoms with van der Waals surface area (Å²) in [6.45, 7) is 0. The summed E-state index contributed by atoms with van der Waals surface area (Å²) in [5.74, 6) is 0. The summed E-state index contributed by atoms with van der Waals surface area (Å²) in [6, 6.07) is 39.2. The second kappa shape index (κ2) is 8.03. The van der Waals surface area contributed by atoms with E-state index < -0.39 is 0 Å². The van der Waals surface area contributed by atoms with E-state index in [4.69, 9.17) is 0 Å². The van der Waals surface area contributed by atoms with Crippen molar-refractivity contribution >= 4 is 138 Å². The van der Waals surface area contributed by atoms with E-state index in [0.29, 0.717) is 29.9 Å². The predicted molar refractivity (Wildman–Crippen MR) is 201 cm³/mol. The van der Waals surface area contributed by atoms with E-state index in [2.05, 4.69) is 97.1 Å². The minimum atomic E-state index is 0.447. The van der Waals surface area contributed by atoms with Crippen LogP contribution < -0.4 is 0 Å². The fourth-order valence-corrected chi connectivity index (χ4v) is 14.1. The van der Waals surface area contributed by atoms with E-state index >= 15 is 0 Å². The average Bonchev–Trinajstić information content (AvgIpc) is 3.64. The van der Waals surface area contributed by atoms with Crippen LogP contribution in [0, 0.1) is 0 Å². The van der Waals surface area contributed by atoms with Crippen LogP contribution in [0.4, 0.5) is 0 Å². The van der Waals surface area contributed by atoms with Gasteiger partial charge in [-0.2, -0.15) is 0 Å². The van der Waals surface area contributed by atoms with Crippen molar-refractivity contribution in [1.29, 1.82) is 0 Å². The number of benzene rings is 10. The summed E-state index contributed by atoms with van der Waals surface area (Å²) < 4.78 is 0. The Bertz CT molecular complexity index is 2760. The molecule has 0 radical (unpaired) electrons. The van der Waals surface area contributed by atoms with Crippen LogP contribution >= 0.6 is 0 Å². The van der Waals surface area contributed by atoms with Crippen LogP contribution in [0.1, 0.15) is 22.3 Å². The second-order valence-corrected chi connectivity index (χ2v) is 17.9. The molecule has 0 atom stereocenters. The molecule has 0 unspecified atom stereocenters. The van der Waals surface area contributed by atoms with Gasteiger partial charge in [0, 0.05) is 0 Å². The molecule has 2 heteroatoms. The van der Waals surface area contributed by atoms with E-state index in [1.807, 2.05) is 0 Å². The fraction of sp³-hybridized carbons (Fsp3) is 0.0909. The van der Waals surface area contributed by atoms with Crippen molar-refractivity contribution < 1.29 is 0 Å². The van der Waals surface area contributed by atoms with Crippen molar-refractivity contribution in [3.8, 4) is 0 Å². The van der Waals surface area contributed by atoms with Gasteiger partial charge >= 0.3 is 278 Å². The predicted octanol–water partition coefficient (Wildman–Crippen LogP) is 11.0. The van der Waals surface area contributed by atoms with Gasteiger partial charge in [0.15, 0.2) is 0 Å². The molecule has 0 aromatic heterocycles. The van der Waals surface area contributed by atoms with Crippen molar-refractivity contribution in [2.75, 3.05) is 0 Å². The first-order valence-corrected chi connectivity index (χ1v) is 21.2. The molecule has 1 aliphatic rings. The van der Waals surface area contributed by atoms with Gasteiger partial charge in [0.2, 0.25) is 0 Å². The summed E-state index contributed by atoms with van der Waals surface area (Å²) in [7, 11) is 0. The Morgan fingerprint density at radius 2 is 0.500 bits per heavy atom. The van der Waals surface area contributed by atoms with Gasteiger partial charge in [-0.25, -0.2) is 0 Å². The first-order valence-electron chi connectivity index (χ1n) is 16.3. The van der Waals surface area contributed by atoms with E-state index in [1.54, 1.807) is 0 Å². The van der Waals surface area contributed by atoms with Gasteiger partial charge in [-0.3, -0.25) is 0 Å². The SMILES string of the molecule is c1cc2cc3c4ccc5ccc6c(cc1c1c2c4c5c61)C[Se]Cc1cc2ccc4cc(c5ccc6ccc1c1c2c4c5c61)C[Se]C3. The maximum absolute atomic E-state index is 2.55. The van der Waals surface area contributed by atoms with Crippen molar-refractivity contribution in [3.63, 3.8) is 0 Å². The van der Waals surface area contributed by atoms with Crippen molar-refractivity contribution in [2.24, 2.45) is 0 Å². The zero-order chi connectivity index (χ0) is 29.4. The Balaban J connectivity index is 1.15. The van der Waals surface area contributed by atoms with Crippen LogP contribution in [0.25, 0.3) is 108 Å². The molecule has 13 rings (SSSR count). The maximum atomic E-state index is 2.55. The van der Waals surface area contributed by atoms with Crippen LogP contribution in [-0.2, 0) is 21.3 Å². The Kier molecular flexibility index (Phi) is 4.20. The molecule has 0 N–H and O–H groups in total. The molecule has 0 saturated heterocycles. The third-order valence-electron chi connectivity index (χ3n) is 11.6. The third kappa shape index (κ3) is 2.68. The van der Waals surface area contributed by atoms with Crippen LogP contribution in [0.15, 0.2) is 97.1 Å². The molecule has 12 aromatic carbocycles. The molecule has 0 spiro atoms. The van der Waals surface area contributed by atoms with E-state index in [0.717, 1.165) is 21.3 Å². The summed E-state index contributed by atoms with van der Waals surface area (Å²) in [5.41, 5.74) is 6.15. The monoisotopic (exact) mass is 712 g/mol. The molecule has 12 aromatic rings. The average molecular weight is 711 g/mol. The molecule has 0 nitrogen and oxygen atoms in total. The molecule has 1 heterocycles. The molecular weight excluding hydrogens is 686 g/mol. The van der Waals surface area contributed by atoms with Gasteiger partial charge in [0.1, 0.15) is 0 Å². The Hall–Kier alpha value is -4.16. The summed E-state index contributed by atoms with van der Waals surface area (Å²) in [6.07, 6.45) is 0. The summed E-state index contributed by atoms with van der Waals surface area (Å²) in [4.78, 5) is 0. The quantitative estimate of drug-likeness (QED) is 0.109. The Morgan fingerprint density at radius 1 is 0.261 bits per heavy atom. The summed E-state index contributed by atoms with van der Waals surface area (Å²) in [5, 5.41) is 34.2. The topological polar surface area (TPSA) is 0 Å². The number of hydrogen-bond acceptors (Lipinski definition) is 0. The Morgan fingerprint density at radius 3 is 0.783 bits per heavy atom. The summed E-state index contributed by atoms with van der Waals surface area (Å²) >= 11 is 0.894. The van der Waals surface area contributed by atoms with Gasteiger partial charge in [-0.1, -0.05) is 0 Å². The van der Waals surface area contributed by atoms with Gasteiger partial charge < -0.3 is 0 Å². The molecule has 46 heavy (non-hydrogen) atoms. The van der Waals surface area contributed by atoms with E-state index in [9.17, 15) is 0 Å². The van der Waals surface area contributed by atoms with E-state index in [1.165, 1.54) is 130 Å². The van der Waals surface area contributed by atoms with Crippen molar-refractivity contribution in [2.45, 2.75) is 21.3 Å². The van der Waals surface area contributed by atoms with Gasteiger partial charge in [0.05, 0.1) is 0 Å². The minimum absolute atomic E-state index is 0.447. The first-order chi connectivity index (χ1) is 22.8. The number of hydrogen-bond donors (Lipinski definition) is 0.